The molecule has 0 fully saturated rings. The number of carbonyl (C=O) groups excluding carboxylic acids is 1. The van der Waals surface area contributed by atoms with Gasteiger partial charge in [0.15, 0.2) is 5.16 Å². The van der Waals surface area contributed by atoms with E-state index < -0.39 is 0 Å². The van der Waals surface area contributed by atoms with Crippen molar-refractivity contribution in [2.45, 2.75) is 25.5 Å². The van der Waals surface area contributed by atoms with Gasteiger partial charge in [-0.3, -0.25) is 14.2 Å². The van der Waals surface area contributed by atoms with E-state index in [0.29, 0.717) is 21.9 Å². The third-order valence-electron chi connectivity index (χ3n) is 3.11. The van der Waals surface area contributed by atoms with Crippen LogP contribution in [0.4, 0.5) is 0 Å². The number of methoxy groups -OCH3 is 1. The van der Waals surface area contributed by atoms with Crippen LogP contribution in [0, 0.1) is 13.8 Å². The number of hydrogen-bond donors (Lipinski definition) is 0. The monoisotopic (exact) mass is 324 g/mol. The number of aromatic nitrogens is 2. The molecule has 2 rings (SSSR count). The zero-order valence-corrected chi connectivity index (χ0v) is 13.8. The fraction of sp³-hybridized carbons (Fsp3) is 0.357. The van der Waals surface area contributed by atoms with E-state index in [1.54, 1.807) is 10.6 Å². The maximum Gasteiger partial charge on any atom is 0.316 e. The molecule has 2 aromatic heterocycles. The van der Waals surface area contributed by atoms with Gasteiger partial charge in [0.05, 0.1) is 18.2 Å². The van der Waals surface area contributed by atoms with Crippen LogP contribution in [0.15, 0.2) is 22.6 Å². The molecule has 2 aromatic rings. The zero-order valence-electron chi connectivity index (χ0n) is 12.1. The molecule has 0 N–H and O–H groups in total. The van der Waals surface area contributed by atoms with E-state index in [4.69, 9.17) is 0 Å². The first-order valence-electron chi connectivity index (χ1n) is 6.30. The summed E-state index contributed by atoms with van der Waals surface area (Å²) in [6, 6.07) is 0. The minimum Gasteiger partial charge on any atom is -0.468 e. The molecule has 0 aromatic carbocycles. The van der Waals surface area contributed by atoms with E-state index in [2.05, 4.69) is 16.3 Å². The molecule has 0 spiro atoms. The van der Waals surface area contributed by atoms with Crippen molar-refractivity contribution in [3.63, 3.8) is 0 Å². The van der Waals surface area contributed by atoms with Gasteiger partial charge in [0.2, 0.25) is 0 Å². The van der Waals surface area contributed by atoms with Crippen molar-refractivity contribution in [2.75, 3.05) is 12.9 Å². The van der Waals surface area contributed by atoms with E-state index in [0.717, 1.165) is 10.4 Å². The number of nitrogens with zero attached hydrogens (tertiary/aromatic N) is 2. The minimum absolute atomic E-state index is 0.0888. The van der Waals surface area contributed by atoms with Crippen molar-refractivity contribution in [1.82, 2.24) is 9.55 Å². The van der Waals surface area contributed by atoms with Gasteiger partial charge < -0.3 is 4.74 Å². The first-order valence-corrected chi connectivity index (χ1v) is 8.10. The molecule has 0 saturated heterocycles. The summed E-state index contributed by atoms with van der Waals surface area (Å²) < 4.78 is 6.16. The van der Waals surface area contributed by atoms with Crippen LogP contribution in [0.5, 0.6) is 0 Å². The number of fused-ring (bicyclic) bond motifs is 1. The van der Waals surface area contributed by atoms with Gasteiger partial charge in [-0.05, 0) is 19.4 Å². The van der Waals surface area contributed by atoms with Gasteiger partial charge in [0.1, 0.15) is 4.83 Å². The number of esters is 1. The van der Waals surface area contributed by atoms with Gasteiger partial charge in [-0.2, -0.15) is 0 Å². The quantitative estimate of drug-likeness (QED) is 0.366. The van der Waals surface area contributed by atoms with Crippen LogP contribution in [0.3, 0.4) is 0 Å². The van der Waals surface area contributed by atoms with Crippen molar-refractivity contribution in [1.29, 1.82) is 0 Å². The average molecular weight is 324 g/mol. The summed E-state index contributed by atoms with van der Waals surface area (Å²) >= 11 is 2.69. The van der Waals surface area contributed by atoms with E-state index in [-0.39, 0.29) is 17.3 Å². The molecule has 0 bridgehead atoms. The standard InChI is InChI=1S/C14H16N2O3S2/c1-5-6-16-13(18)11-8(2)9(3)21-12(11)15-14(16)20-7-10(17)19-4/h5H,1,6-7H2,2-4H3. The maximum absolute atomic E-state index is 12.6. The molecule has 7 heteroatoms. The number of ether oxygens (including phenoxy) is 1. The van der Waals surface area contributed by atoms with Crippen molar-refractivity contribution in [2.24, 2.45) is 0 Å². The summed E-state index contributed by atoms with van der Waals surface area (Å²) in [6.45, 7) is 7.93. The predicted molar refractivity (Wildman–Crippen MR) is 86.3 cm³/mol. The number of thioether (sulfide) groups is 1. The lowest BCUT2D eigenvalue weighted by atomic mass is 10.2. The molecular formula is C14H16N2O3S2. The molecule has 0 unspecified atom stereocenters. The number of aryl methyl sites for hydroxylation is 2. The molecular weight excluding hydrogens is 308 g/mol. The molecule has 0 aliphatic carbocycles. The molecule has 0 amide bonds. The van der Waals surface area contributed by atoms with Gasteiger partial charge in [0.25, 0.3) is 5.56 Å². The average Bonchev–Trinajstić information content (AvgIpc) is 2.75. The maximum atomic E-state index is 12.6. The molecule has 112 valence electrons. The van der Waals surface area contributed by atoms with Gasteiger partial charge in [-0.15, -0.1) is 17.9 Å². The molecule has 0 atom stereocenters. The molecule has 5 nitrogen and oxygen atoms in total. The van der Waals surface area contributed by atoms with Crippen molar-refractivity contribution in [3.8, 4) is 0 Å². The zero-order chi connectivity index (χ0) is 15.6. The van der Waals surface area contributed by atoms with E-state index >= 15 is 0 Å². The second-order valence-corrected chi connectivity index (χ2v) is 6.57. The summed E-state index contributed by atoms with van der Waals surface area (Å²) in [6.07, 6.45) is 1.64. The summed E-state index contributed by atoms with van der Waals surface area (Å²) in [4.78, 5) is 30.2. The second-order valence-electron chi connectivity index (χ2n) is 4.43. The van der Waals surface area contributed by atoms with Gasteiger partial charge in [0, 0.05) is 11.4 Å². The Hall–Kier alpha value is -1.60. The number of carbonyl (C=O) groups is 1. The number of rotatable bonds is 5. The van der Waals surface area contributed by atoms with Crippen molar-refractivity contribution >= 4 is 39.3 Å². The Labute approximate surface area is 130 Å². The molecule has 21 heavy (non-hydrogen) atoms. The Balaban J connectivity index is 2.57. The highest BCUT2D eigenvalue weighted by molar-refractivity contribution is 7.99. The lowest BCUT2D eigenvalue weighted by Gasteiger charge is -2.09. The van der Waals surface area contributed by atoms with Gasteiger partial charge >= 0.3 is 5.97 Å². The van der Waals surface area contributed by atoms with Crippen molar-refractivity contribution in [3.05, 3.63) is 33.4 Å². The lowest BCUT2D eigenvalue weighted by Crippen LogP contribution is -2.23. The van der Waals surface area contributed by atoms with Crippen LogP contribution in [0.1, 0.15) is 10.4 Å². The number of hydrogen-bond acceptors (Lipinski definition) is 6. The Kier molecular flexibility index (Phi) is 4.84. The summed E-state index contributed by atoms with van der Waals surface area (Å²) in [5.74, 6) is -0.229. The molecule has 2 heterocycles. The Morgan fingerprint density at radius 2 is 2.24 bits per heavy atom. The lowest BCUT2D eigenvalue weighted by molar-refractivity contribution is -0.137. The molecule has 0 aliphatic rings. The highest BCUT2D eigenvalue weighted by atomic mass is 32.2. The summed E-state index contributed by atoms with van der Waals surface area (Å²) in [5, 5.41) is 1.17. The van der Waals surface area contributed by atoms with Gasteiger partial charge in [-0.1, -0.05) is 17.8 Å². The summed E-state index contributed by atoms with van der Waals surface area (Å²) in [7, 11) is 1.34. The fourth-order valence-corrected chi connectivity index (χ4v) is 3.80. The SMILES string of the molecule is C=CCn1c(SCC(=O)OC)nc2sc(C)c(C)c2c1=O. The van der Waals surface area contributed by atoms with E-state index in [1.807, 2.05) is 13.8 Å². The van der Waals surface area contributed by atoms with Crippen LogP contribution in [-0.2, 0) is 16.1 Å². The molecule has 0 aliphatic heterocycles. The van der Waals surface area contributed by atoms with Crippen molar-refractivity contribution < 1.29 is 9.53 Å². The van der Waals surface area contributed by atoms with Gasteiger partial charge in [-0.25, -0.2) is 4.98 Å². The molecule has 0 radical (unpaired) electrons. The van der Waals surface area contributed by atoms with Crippen LogP contribution in [-0.4, -0.2) is 28.4 Å². The van der Waals surface area contributed by atoms with E-state index in [1.165, 1.54) is 30.2 Å². The predicted octanol–water partition coefficient (Wildman–Crippen LogP) is 2.53. The smallest absolute Gasteiger partial charge is 0.316 e. The summed E-state index contributed by atoms with van der Waals surface area (Å²) in [5.41, 5.74) is 0.879. The third-order valence-corrected chi connectivity index (χ3v) is 5.16. The van der Waals surface area contributed by atoms with Crippen LogP contribution in [0.25, 0.3) is 10.2 Å². The topological polar surface area (TPSA) is 61.2 Å². The number of thiophene rings is 1. The fourth-order valence-electron chi connectivity index (χ4n) is 1.89. The third kappa shape index (κ3) is 3.03. The normalized spacial score (nSPS) is 10.8. The van der Waals surface area contributed by atoms with Crippen LogP contribution in [0.2, 0.25) is 0 Å². The Morgan fingerprint density at radius 3 is 2.86 bits per heavy atom. The highest BCUT2D eigenvalue weighted by Crippen LogP contribution is 2.28. The first kappa shape index (κ1) is 15.8. The first-order chi connectivity index (χ1) is 9.99. The second kappa shape index (κ2) is 6.44. The van der Waals surface area contributed by atoms with Crippen LogP contribution >= 0.6 is 23.1 Å². The Morgan fingerprint density at radius 1 is 1.52 bits per heavy atom. The molecule has 0 saturated carbocycles. The highest BCUT2D eigenvalue weighted by Gasteiger charge is 2.17. The van der Waals surface area contributed by atoms with E-state index in [9.17, 15) is 9.59 Å². The largest absolute Gasteiger partial charge is 0.468 e. The minimum atomic E-state index is -0.349. The Bertz CT molecular complexity index is 762. The van der Waals surface area contributed by atoms with Crippen LogP contribution < -0.4 is 5.56 Å². The number of allylic oxidation sites excluding steroid dienone is 1.